The molecule has 2 N–H and O–H groups in total. The summed E-state index contributed by atoms with van der Waals surface area (Å²) in [4.78, 5) is 3.84. The first-order valence-electron chi connectivity index (χ1n) is 8.15. The summed E-state index contributed by atoms with van der Waals surface area (Å²) in [6.07, 6.45) is 1.63. The van der Waals surface area contributed by atoms with Gasteiger partial charge in [0, 0.05) is 11.8 Å². The van der Waals surface area contributed by atoms with Crippen LogP contribution in [0.15, 0.2) is 57.7 Å². The highest BCUT2D eigenvalue weighted by Gasteiger charge is 2.22. The Labute approximate surface area is 139 Å². The Bertz CT molecular complexity index is 772. The maximum atomic E-state index is 9.39. The number of aromatic hydroxyl groups is 1. The molecular formula is C18H20N3O3+. The predicted octanol–water partition coefficient (Wildman–Crippen LogP) is 1.55. The van der Waals surface area contributed by atoms with E-state index in [1.807, 2.05) is 30.3 Å². The van der Waals surface area contributed by atoms with Crippen molar-refractivity contribution in [1.29, 1.82) is 0 Å². The third kappa shape index (κ3) is 3.14. The molecule has 3 aromatic rings. The third-order valence-electron chi connectivity index (χ3n) is 4.44. The first-order valence-corrected chi connectivity index (χ1v) is 8.15. The lowest BCUT2D eigenvalue weighted by atomic mass is 10.2. The van der Waals surface area contributed by atoms with Crippen molar-refractivity contribution in [3.63, 3.8) is 0 Å². The molecule has 2 aromatic heterocycles. The number of quaternary nitrogens is 1. The molecule has 1 aromatic carbocycles. The van der Waals surface area contributed by atoms with E-state index in [0.29, 0.717) is 17.3 Å². The number of piperazine rings is 1. The fourth-order valence-electron chi connectivity index (χ4n) is 3.11. The van der Waals surface area contributed by atoms with Crippen LogP contribution in [0.1, 0.15) is 5.69 Å². The van der Waals surface area contributed by atoms with Crippen LogP contribution in [-0.4, -0.2) is 36.4 Å². The van der Waals surface area contributed by atoms with Gasteiger partial charge in [-0.15, -0.1) is 0 Å². The average molecular weight is 326 g/mol. The van der Waals surface area contributed by atoms with Crippen molar-refractivity contribution < 1.29 is 18.9 Å². The van der Waals surface area contributed by atoms with Crippen molar-refractivity contribution in [3.05, 3.63) is 54.4 Å². The zero-order valence-corrected chi connectivity index (χ0v) is 13.3. The number of hydrogen-bond acceptors (Lipinski definition) is 5. The van der Waals surface area contributed by atoms with E-state index in [9.17, 15) is 5.11 Å². The van der Waals surface area contributed by atoms with Crippen LogP contribution < -0.4 is 9.80 Å². The van der Waals surface area contributed by atoms with Gasteiger partial charge in [-0.25, -0.2) is 0 Å². The summed E-state index contributed by atoms with van der Waals surface area (Å²) in [5.41, 5.74) is 2.11. The number of phenolic OH excluding ortho intramolecular Hbond substituents is 1. The van der Waals surface area contributed by atoms with E-state index in [0.717, 1.165) is 44.1 Å². The van der Waals surface area contributed by atoms with Crippen LogP contribution in [0.3, 0.4) is 0 Å². The molecule has 1 saturated heterocycles. The molecule has 0 amide bonds. The van der Waals surface area contributed by atoms with Gasteiger partial charge in [0.2, 0.25) is 5.76 Å². The molecule has 6 heteroatoms. The molecule has 1 fully saturated rings. The number of furan rings is 1. The molecule has 3 heterocycles. The zero-order chi connectivity index (χ0) is 16.4. The minimum Gasteiger partial charge on any atom is -0.508 e. The lowest BCUT2D eigenvalue weighted by molar-refractivity contribution is -0.914. The molecule has 0 bridgehead atoms. The highest BCUT2D eigenvalue weighted by Crippen LogP contribution is 2.20. The number of benzene rings is 1. The molecule has 0 atom stereocenters. The van der Waals surface area contributed by atoms with Gasteiger partial charge in [0.05, 0.1) is 32.4 Å². The quantitative estimate of drug-likeness (QED) is 0.761. The van der Waals surface area contributed by atoms with E-state index in [-0.39, 0.29) is 0 Å². The second kappa shape index (κ2) is 6.41. The van der Waals surface area contributed by atoms with Gasteiger partial charge in [-0.1, -0.05) is 5.16 Å². The highest BCUT2D eigenvalue weighted by atomic mass is 16.5. The van der Waals surface area contributed by atoms with Crippen LogP contribution in [0.25, 0.3) is 11.5 Å². The second-order valence-corrected chi connectivity index (χ2v) is 6.09. The maximum Gasteiger partial charge on any atom is 0.202 e. The number of nitrogens with zero attached hydrogens (tertiary/aromatic N) is 2. The van der Waals surface area contributed by atoms with Gasteiger partial charge in [0.25, 0.3) is 0 Å². The second-order valence-electron chi connectivity index (χ2n) is 6.09. The van der Waals surface area contributed by atoms with Crippen molar-refractivity contribution in [2.75, 3.05) is 31.1 Å². The van der Waals surface area contributed by atoms with Crippen molar-refractivity contribution in [2.45, 2.75) is 6.54 Å². The minimum absolute atomic E-state index is 0.307. The van der Waals surface area contributed by atoms with Gasteiger partial charge in [-0.3, -0.25) is 0 Å². The Kier molecular flexibility index (Phi) is 3.96. The molecule has 0 saturated carbocycles. The third-order valence-corrected chi connectivity index (χ3v) is 4.44. The first-order chi connectivity index (χ1) is 11.8. The predicted molar refractivity (Wildman–Crippen MR) is 88.9 cm³/mol. The summed E-state index contributed by atoms with van der Waals surface area (Å²) < 4.78 is 10.7. The van der Waals surface area contributed by atoms with E-state index in [1.54, 1.807) is 18.4 Å². The summed E-state index contributed by atoms with van der Waals surface area (Å²) in [6, 6.07) is 13.1. The zero-order valence-electron chi connectivity index (χ0n) is 13.3. The van der Waals surface area contributed by atoms with Crippen molar-refractivity contribution in [1.82, 2.24) is 5.16 Å². The number of anilines is 1. The lowest BCUT2D eigenvalue weighted by Gasteiger charge is -2.33. The van der Waals surface area contributed by atoms with E-state index in [1.165, 1.54) is 4.90 Å². The Morgan fingerprint density at radius 3 is 2.58 bits per heavy atom. The van der Waals surface area contributed by atoms with Gasteiger partial charge < -0.3 is 23.8 Å². The summed E-state index contributed by atoms with van der Waals surface area (Å²) in [6.45, 7) is 4.92. The topological polar surface area (TPSA) is 67.1 Å². The number of phenols is 1. The largest absolute Gasteiger partial charge is 0.508 e. The van der Waals surface area contributed by atoms with Crippen molar-refractivity contribution in [3.8, 4) is 17.3 Å². The van der Waals surface area contributed by atoms with E-state index < -0.39 is 0 Å². The molecule has 1 aliphatic rings. The van der Waals surface area contributed by atoms with E-state index >= 15 is 0 Å². The van der Waals surface area contributed by atoms with Crippen LogP contribution in [-0.2, 0) is 6.54 Å². The van der Waals surface area contributed by atoms with Crippen LogP contribution in [0, 0.1) is 0 Å². The van der Waals surface area contributed by atoms with Crippen molar-refractivity contribution >= 4 is 5.69 Å². The lowest BCUT2D eigenvalue weighted by Crippen LogP contribution is -3.13. The Balaban J connectivity index is 1.34. The number of rotatable bonds is 4. The molecule has 6 nitrogen and oxygen atoms in total. The van der Waals surface area contributed by atoms with E-state index in [2.05, 4.69) is 10.1 Å². The molecule has 1 aliphatic heterocycles. The number of hydrogen-bond donors (Lipinski definition) is 2. The molecular weight excluding hydrogens is 306 g/mol. The summed E-state index contributed by atoms with van der Waals surface area (Å²) in [5.74, 6) is 1.69. The van der Waals surface area contributed by atoms with Gasteiger partial charge in [0.15, 0.2) is 5.76 Å². The highest BCUT2D eigenvalue weighted by molar-refractivity contribution is 5.49. The van der Waals surface area contributed by atoms with Gasteiger partial charge in [-0.05, 0) is 36.4 Å². The molecule has 124 valence electrons. The molecule has 0 unspecified atom stereocenters. The molecule has 0 spiro atoms. The average Bonchev–Trinajstić information content (AvgIpc) is 3.28. The van der Waals surface area contributed by atoms with Crippen molar-refractivity contribution in [2.24, 2.45) is 0 Å². The monoisotopic (exact) mass is 326 g/mol. The Morgan fingerprint density at radius 2 is 1.88 bits per heavy atom. The Morgan fingerprint density at radius 1 is 1.08 bits per heavy atom. The van der Waals surface area contributed by atoms with Gasteiger partial charge in [-0.2, -0.15) is 0 Å². The van der Waals surface area contributed by atoms with Gasteiger partial charge >= 0.3 is 0 Å². The van der Waals surface area contributed by atoms with Crippen LogP contribution >= 0.6 is 0 Å². The Hall–Kier alpha value is -2.73. The SMILES string of the molecule is Oc1ccc(N2CC[NH+](Cc3cc(-c4ccco4)on3)CC2)cc1. The smallest absolute Gasteiger partial charge is 0.202 e. The van der Waals surface area contributed by atoms with Crippen LogP contribution in [0.5, 0.6) is 5.75 Å². The fraction of sp³-hybridized carbons (Fsp3) is 0.278. The molecule has 24 heavy (non-hydrogen) atoms. The van der Waals surface area contributed by atoms with E-state index in [4.69, 9.17) is 8.94 Å². The summed E-state index contributed by atoms with van der Waals surface area (Å²) >= 11 is 0. The van der Waals surface area contributed by atoms with Crippen LogP contribution in [0.2, 0.25) is 0 Å². The summed E-state index contributed by atoms with van der Waals surface area (Å²) in [5, 5.41) is 13.5. The number of aromatic nitrogens is 1. The maximum absolute atomic E-state index is 9.39. The standard InChI is InChI=1S/C18H19N3O3/c22-16-5-3-15(4-6-16)21-9-7-20(8-10-21)13-14-12-18(24-19-14)17-2-1-11-23-17/h1-6,11-12,22H,7-10,13H2/p+1. The molecule has 4 rings (SSSR count). The minimum atomic E-state index is 0.307. The molecule has 0 radical (unpaired) electrons. The first kappa shape index (κ1) is 14.8. The number of nitrogens with one attached hydrogen (secondary N) is 1. The normalized spacial score (nSPS) is 15.8. The van der Waals surface area contributed by atoms with Crippen LogP contribution in [0.4, 0.5) is 5.69 Å². The fourth-order valence-corrected chi connectivity index (χ4v) is 3.11. The van der Waals surface area contributed by atoms with Gasteiger partial charge in [0.1, 0.15) is 18.0 Å². The summed E-state index contributed by atoms with van der Waals surface area (Å²) in [7, 11) is 0. The molecule has 0 aliphatic carbocycles.